The van der Waals surface area contributed by atoms with E-state index in [1.807, 2.05) is 13.8 Å². The Morgan fingerprint density at radius 3 is 1.00 bits per heavy atom. The quantitative estimate of drug-likeness (QED) is 0.0826. The molecule has 0 aromatic heterocycles. The third-order valence-electron chi connectivity index (χ3n) is 7.23. The Hall–Kier alpha value is 0.110. The molecule has 0 bridgehead atoms. The van der Waals surface area contributed by atoms with E-state index in [9.17, 15) is 9.46 Å². The van der Waals surface area contributed by atoms with E-state index in [0.29, 0.717) is 0 Å². The molecule has 1 N–H and O–H groups in total. The van der Waals surface area contributed by atoms with Gasteiger partial charge < -0.3 is 4.89 Å². The molecule has 0 aliphatic rings. The van der Waals surface area contributed by atoms with Gasteiger partial charge in [0.1, 0.15) is 0 Å². The van der Waals surface area contributed by atoms with Crippen LogP contribution < -0.4 is 0 Å². The smallest absolute Gasteiger partial charge is 0.302 e. The van der Waals surface area contributed by atoms with Crippen LogP contribution in [0.1, 0.15) is 182 Å². The first-order valence-electron chi connectivity index (χ1n) is 15.7. The Morgan fingerprint density at radius 1 is 0.486 bits per heavy atom. The second-order valence-electron chi connectivity index (χ2n) is 10.7. The number of hydrogen-bond donors (Lipinski definition) is 1. The fraction of sp³-hybridized carbons (Fsp3) is 1.00. The summed E-state index contributed by atoms with van der Waals surface area (Å²) in [5, 5.41) is 0. The zero-order chi connectivity index (χ0) is 26.0. The minimum absolute atomic E-state index is 0.185. The summed E-state index contributed by atoms with van der Waals surface area (Å²) >= 11 is 0. The zero-order valence-corrected chi connectivity index (χ0v) is 25.1. The summed E-state index contributed by atoms with van der Waals surface area (Å²) in [7, 11) is -4.00. The van der Waals surface area contributed by atoms with Gasteiger partial charge in [0.2, 0.25) is 0 Å². The van der Waals surface area contributed by atoms with E-state index in [2.05, 4.69) is 13.8 Å². The van der Waals surface area contributed by atoms with E-state index < -0.39 is 7.82 Å². The molecule has 0 aromatic rings. The molecule has 0 aliphatic heterocycles. The van der Waals surface area contributed by atoms with Crippen molar-refractivity contribution in [3.05, 3.63) is 0 Å². The van der Waals surface area contributed by atoms with Crippen molar-refractivity contribution >= 4 is 7.82 Å². The molecular weight excluding hydrogens is 455 g/mol. The summed E-state index contributed by atoms with van der Waals surface area (Å²) in [6.45, 7) is 8.58. The second-order valence-corrected chi connectivity index (χ2v) is 12.0. The molecule has 0 rings (SSSR count). The lowest BCUT2D eigenvalue weighted by atomic mass is 10.0. The normalized spacial score (nSPS) is 15.2. The highest BCUT2D eigenvalue weighted by Crippen LogP contribution is 2.48. The minimum Gasteiger partial charge on any atom is -0.302 e. The van der Waals surface area contributed by atoms with Crippen molar-refractivity contribution in [2.24, 2.45) is 0 Å². The van der Waals surface area contributed by atoms with Gasteiger partial charge in [-0.3, -0.25) is 9.05 Å². The fourth-order valence-corrected chi connectivity index (χ4v) is 6.10. The topological polar surface area (TPSA) is 55.8 Å². The van der Waals surface area contributed by atoms with Gasteiger partial charge in [-0.1, -0.05) is 156 Å². The van der Waals surface area contributed by atoms with Gasteiger partial charge in [-0.15, -0.1) is 0 Å². The number of phosphoric acid groups is 1. The van der Waals surface area contributed by atoms with Gasteiger partial charge >= 0.3 is 7.82 Å². The Morgan fingerprint density at radius 2 is 0.743 bits per heavy atom. The van der Waals surface area contributed by atoms with Crippen molar-refractivity contribution in [3.8, 4) is 0 Å². The summed E-state index contributed by atoms with van der Waals surface area (Å²) in [6, 6.07) is 0. The lowest BCUT2D eigenvalue weighted by molar-refractivity contribution is 0.0627. The molecule has 0 spiro atoms. The molecule has 35 heavy (non-hydrogen) atoms. The molecule has 0 radical (unpaired) electrons. The van der Waals surface area contributed by atoms with Crippen LogP contribution in [-0.2, 0) is 13.6 Å². The fourth-order valence-electron chi connectivity index (χ4n) is 4.78. The van der Waals surface area contributed by atoms with Gasteiger partial charge in [-0.05, 0) is 25.7 Å². The Kier molecular flexibility index (Phi) is 25.8. The predicted octanol–water partition coefficient (Wildman–Crippen LogP) is 11.3. The highest BCUT2D eigenvalue weighted by molar-refractivity contribution is 7.47. The van der Waals surface area contributed by atoms with Crippen LogP contribution in [0.25, 0.3) is 0 Å². The Balaban J connectivity index is 3.91. The van der Waals surface area contributed by atoms with Crippen LogP contribution in [0.5, 0.6) is 0 Å². The molecule has 2 atom stereocenters. The van der Waals surface area contributed by atoms with Crippen molar-refractivity contribution in [2.75, 3.05) is 0 Å². The first kappa shape index (κ1) is 35.1. The maximum absolute atomic E-state index is 12.6. The molecular formula is C30H63O4P. The van der Waals surface area contributed by atoms with Crippen LogP contribution in [0.2, 0.25) is 0 Å². The molecule has 4 nitrogen and oxygen atoms in total. The summed E-state index contributed by atoms with van der Waals surface area (Å²) in [5.74, 6) is 0. The third-order valence-corrected chi connectivity index (χ3v) is 8.36. The second kappa shape index (κ2) is 25.7. The lowest BCUT2D eigenvalue weighted by Crippen LogP contribution is -2.16. The molecule has 0 heterocycles. The van der Waals surface area contributed by atoms with Crippen LogP contribution in [-0.4, -0.2) is 17.1 Å². The van der Waals surface area contributed by atoms with Crippen LogP contribution in [0.3, 0.4) is 0 Å². The molecule has 0 aliphatic carbocycles. The van der Waals surface area contributed by atoms with Gasteiger partial charge in [0, 0.05) is 0 Å². The summed E-state index contributed by atoms with van der Waals surface area (Å²) < 4.78 is 23.8. The number of unbranched alkanes of at least 4 members (excludes halogenated alkanes) is 18. The van der Waals surface area contributed by atoms with E-state index in [0.717, 1.165) is 38.5 Å². The molecule has 0 saturated heterocycles. The van der Waals surface area contributed by atoms with E-state index >= 15 is 0 Å². The number of rotatable bonds is 28. The van der Waals surface area contributed by atoms with Gasteiger partial charge in [0.05, 0.1) is 12.2 Å². The monoisotopic (exact) mass is 518 g/mol. The molecule has 0 fully saturated rings. The molecule has 2 unspecified atom stereocenters. The summed E-state index contributed by atoms with van der Waals surface area (Å²) in [5.41, 5.74) is 0. The van der Waals surface area contributed by atoms with E-state index in [1.54, 1.807) is 0 Å². The standard InChI is InChI=1S/C30H63O4P/c1-5-9-11-13-15-17-19-21-23-25-27-29(7-3)33-35(31,32)34-30(8-4)28-26-24-22-20-18-16-14-12-10-6-2/h29-30H,5-28H2,1-4H3,(H,31,32). The number of hydrogen-bond acceptors (Lipinski definition) is 3. The molecule has 5 heteroatoms. The summed E-state index contributed by atoms with van der Waals surface area (Å²) in [4.78, 5) is 10.4. The molecule has 0 aromatic carbocycles. The first-order valence-corrected chi connectivity index (χ1v) is 17.2. The van der Waals surface area contributed by atoms with Crippen molar-refractivity contribution < 1.29 is 18.5 Å². The SMILES string of the molecule is CCCCCCCCCCCCC(CC)OP(=O)(O)OC(CC)CCCCCCCCCCCC. The van der Waals surface area contributed by atoms with Crippen LogP contribution >= 0.6 is 7.82 Å². The largest absolute Gasteiger partial charge is 0.472 e. The average molecular weight is 519 g/mol. The third kappa shape index (κ3) is 24.2. The zero-order valence-electron chi connectivity index (χ0n) is 24.2. The van der Waals surface area contributed by atoms with Crippen molar-refractivity contribution in [1.29, 1.82) is 0 Å². The van der Waals surface area contributed by atoms with E-state index in [-0.39, 0.29) is 12.2 Å². The predicted molar refractivity (Wildman–Crippen MR) is 153 cm³/mol. The van der Waals surface area contributed by atoms with Crippen LogP contribution in [0.15, 0.2) is 0 Å². The average Bonchev–Trinajstić information content (AvgIpc) is 2.84. The number of phosphoric ester groups is 1. The Labute approximate surface area is 220 Å². The molecule has 0 amide bonds. The lowest BCUT2D eigenvalue weighted by Gasteiger charge is -2.23. The first-order chi connectivity index (χ1) is 17.0. The highest BCUT2D eigenvalue weighted by atomic mass is 31.2. The van der Waals surface area contributed by atoms with Crippen molar-refractivity contribution in [1.82, 2.24) is 0 Å². The van der Waals surface area contributed by atoms with Crippen LogP contribution in [0.4, 0.5) is 0 Å². The highest BCUT2D eigenvalue weighted by Gasteiger charge is 2.29. The van der Waals surface area contributed by atoms with Crippen molar-refractivity contribution in [3.63, 3.8) is 0 Å². The van der Waals surface area contributed by atoms with Gasteiger partial charge in [0.15, 0.2) is 0 Å². The maximum atomic E-state index is 12.6. The molecule has 212 valence electrons. The minimum atomic E-state index is -4.00. The van der Waals surface area contributed by atoms with Gasteiger partial charge in [-0.2, -0.15) is 0 Å². The van der Waals surface area contributed by atoms with Gasteiger partial charge in [0.25, 0.3) is 0 Å². The van der Waals surface area contributed by atoms with E-state index in [4.69, 9.17) is 9.05 Å². The van der Waals surface area contributed by atoms with Crippen molar-refractivity contribution in [2.45, 2.75) is 194 Å². The van der Waals surface area contributed by atoms with E-state index in [1.165, 1.54) is 116 Å². The molecule has 0 saturated carbocycles. The van der Waals surface area contributed by atoms with Gasteiger partial charge in [-0.25, -0.2) is 4.57 Å². The maximum Gasteiger partial charge on any atom is 0.472 e. The Bertz CT molecular complexity index is 433. The van der Waals surface area contributed by atoms with Crippen LogP contribution in [0, 0.1) is 0 Å². The summed E-state index contributed by atoms with van der Waals surface area (Å²) in [6.07, 6.45) is 28.7.